The second kappa shape index (κ2) is 4.60. The van der Waals surface area contributed by atoms with Crippen molar-refractivity contribution in [2.75, 3.05) is 0 Å². The number of amides is 1. The van der Waals surface area contributed by atoms with E-state index in [1.54, 1.807) is 6.07 Å². The molecule has 2 fully saturated rings. The third-order valence-corrected chi connectivity index (χ3v) is 4.33. The quantitative estimate of drug-likeness (QED) is 0.876. The van der Waals surface area contributed by atoms with Gasteiger partial charge in [0.15, 0.2) is 0 Å². The molecule has 2 saturated carbocycles. The molecule has 2 aliphatic carbocycles. The zero-order valence-electron chi connectivity index (χ0n) is 10.9. The van der Waals surface area contributed by atoms with Crippen LogP contribution in [0.1, 0.15) is 37.7 Å². The largest absolute Gasteiger partial charge is 0.346 e. The third kappa shape index (κ3) is 2.50. The van der Waals surface area contributed by atoms with E-state index < -0.39 is 0 Å². The minimum atomic E-state index is -0.328. The molecule has 0 bridgehead atoms. The maximum Gasteiger partial charge on any atom is 0.223 e. The summed E-state index contributed by atoms with van der Waals surface area (Å²) < 4.78 is 13.3. The van der Waals surface area contributed by atoms with Crippen LogP contribution in [0.3, 0.4) is 0 Å². The molecule has 0 heterocycles. The number of halogens is 1. The fourth-order valence-electron chi connectivity index (χ4n) is 2.99. The summed E-state index contributed by atoms with van der Waals surface area (Å²) >= 11 is 0. The summed E-state index contributed by atoms with van der Waals surface area (Å²) in [4.78, 5) is 12.2. The maximum absolute atomic E-state index is 13.3. The van der Waals surface area contributed by atoms with E-state index in [9.17, 15) is 9.18 Å². The Bertz CT molecular complexity index is 499. The first kappa shape index (κ1) is 12.6. The van der Waals surface area contributed by atoms with Gasteiger partial charge in [0.05, 0.1) is 5.54 Å². The van der Waals surface area contributed by atoms with Crippen molar-refractivity contribution in [1.29, 1.82) is 0 Å². The predicted molar refractivity (Wildman–Crippen MR) is 70.8 cm³/mol. The van der Waals surface area contributed by atoms with Crippen molar-refractivity contribution in [2.45, 2.75) is 43.7 Å². The van der Waals surface area contributed by atoms with Crippen LogP contribution in [0.2, 0.25) is 0 Å². The van der Waals surface area contributed by atoms with E-state index in [1.807, 2.05) is 6.07 Å². The number of hydrogen-bond donors (Lipinski definition) is 2. The summed E-state index contributed by atoms with van der Waals surface area (Å²) in [5.41, 5.74) is 6.39. The van der Waals surface area contributed by atoms with Gasteiger partial charge in [0, 0.05) is 12.0 Å². The van der Waals surface area contributed by atoms with Crippen LogP contribution in [-0.2, 0) is 10.3 Å². The molecule has 3 N–H and O–H groups in total. The Kier molecular flexibility index (Phi) is 3.05. The van der Waals surface area contributed by atoms with Gasteiger partial charge in [0.2, 0.25) is 5.91 Å². The highest BCUT2D eigenvalue weighted by atomic mass is 19.1. The Hall–Kier alpha value is -1.42. The van der Waals surface area contributed by atoms with Crippen LogP contribution in [0.15, 0.2) is 24.3 Å². The lowest BCUT2D eigenvalue weighted by Crippen LogP contribution is -2.38. The zero-order valence-corrected chi connectivity index (χ0v) is 10.9. The molecule has 1 amide bonds. The van der Waals surface area contributed by atoms with Crippen LogP contribution in [0, 0.1) is 11.7 Å². The summed E-state index contributed by atoms with van der Waals surface area (Å²) in [7, 11) is 0. The van der Waals surface area contributed by atoms with Gasteiger partial charge in [0.1, 0.15) is 5.82 Å². The Morgan fingerprint density at radius 3 is 2.74 bits per heavy atom. The molecular formula is C15H19FN2O. The lowest BCUT2D eigenvalue weighted by molar-refractivity contribution is -0.125. The highest BCUT2D eigenvalue weighted by Gasteiger charge is 2.47. The number of nitrogens with two attached hydrogens (primary N) is 1. The van der Waals surface area contributed by atoms with Gasteiger partial charge in [-0.15, -0.1) is 0 Å². The summed E-state index contributed by atoms with van der Waals surface area (Å²) in [6.45, 7) is 0. The van der Waals surface area contributed by atoms with E-state index in [0.717, 1.165) is 37.7 Å². The minimum Gasteiger partial charge on any atom is -0.346 e. The molecule has 102 valence electrons. The molecule has 3 rings (SSSR count). The van der Waals surface area contributed by atoms with Crippen molar-refractivity contribution >= 4 is 5.91 Å². The molecule has 1 aromatic rings. The topological polar surface area (TPSA) is 55.1 Å². The van der Waals surface area contributed by atoms with Crippen LogP contribution >= 0.6 is 0 Å². The Balaban J connectivity index is 1.71. The van der Waals surface area contributed by atoms with Crippen LogP contribution in [0.5, 0.6) is 0 Å². The van der Waals surface area contributed by atoms with Crippen molar-refractivity contribution in [2.24, 2.45) is 11.7 Å². The molecule has 19 heavy (non-hydrogen) atoms. The Morgan fingerprint density at radius 1 is 1.37 bits per heavy atom. The smallest absolute Gasteiger partial charge is 0.223 e. The molecule has 0 radical (unpaired) electrons. The average molecular weight is 262 g/mol. The van der Waals surface area contributed by atoms with Crippen molar-refractivity contribution in [3.05, 3.63) is 35.6 Å². The normalized spacial score (nSPS) is 28.1. The summed E-state index contributed by atoms with van der Waals surface area (Å²) in [6, 6.07) is 6.68. The van der Waals surface area contributed by atoms with Gasteiger partial charge in [-0.25, -0.2) is 4.39 Å². The SMILES string of the molecule is NC1CCC(C(=O)NC2(c3cccc(F)c3)CC2)C1. The first-order valence-corrected chi connectivity index (χ1v) is 6.93. The molecule has 4 heteroatoms. The van der Waals surface area contributed by atoms with E-state index in [1.165, 1.54) is 12.1 Å². The monoisotopic (exact) mass is 262 g/mol. The highest BCUT2D eigenvalue weighted by molar-refractivity contribution is 5.80. The predicted octanol–water partition coefficient (Wildman–Crippen LogP) is 2.06. The van der Waals surface area contributed by atoms with Crippen LogP contribution in [0.25, 0.3) is 0 Å². The molecule has 0 spiro atoms. The molecule has 0 aromatic heterocycles. The van der Waals surface area contributed by atoms with Gasteiger partial charge in [-0.1, -0.05) is 12.1 Å². The number of benzene rings is 1. The van der Waals surface area contributed by atoms with Gasteiger partial charge in [-0.05, 0) is 49.8 Å². The first-order chi connectivity index (χ1) is 9.09. The fourth-order valence-corrected chi connectivity index (χ4v) is 2.99. The lowest BCUT2D eigenvalue weighted by atomic mass is 10.0. The lowest BCUT2D eigenvalue weighted by Gasteiger charge is -2.20. The van der Waals surface area contributed by atoms with Gasteiger partial charge >= 0.3 is 0 Å². The maximum atomic E-state index is 13.3. The second-order valence-corrected chi connectivity index (χ2v) is 5.85. The number of hydrogen-bond acceptors (Lipinski definition) is 2. The van der Waals surface area contributed by atoms with Crippen LogP contribution in [-0.4, -0.2) is 11.9 Å². The van der Waals surface area contributed by atoms with Crippen LogP contribution in [0.4, 0.5) is 4.39 Å². The number of carbonyl (C=O) groups is 1. The van der Waals surface area contributed by atoms with Gasteiger partial charge in [0.25, 0.3) is 0 Å². The fraction of sp³-hybridized carbons (Fsp3) is 0.533. The number of rotatable bonds is 3. The molecule has 1 aromatic carbocycles. The van der Waals surface area contributed by atoms with Crippen molar-refractivity contribution in [3.63, 3.8) is 0 Å². The van der Waals surface area contributed by atoms with E-state index in [4.69, 9.17) is 5.73 Å². The van der Waals surface area contributed by atoms with E-state index in [2.05, 4.69) is 5.32 Å². The average Bonchev–Trinajstić information content (AvgIpc) is 3.03. The van der Waals surface area contributed by atoms with E-state index >= 15 is 0 Å². The highest BCUT2D eigenvalue weighted by Crippen LogP contribution is 2.46. The molecule has 2 unspecified atom stereocenters. The van der Waals surface area contributed by atoms with Crippen molar-refractivity contribution in [3.8, 4) is 0 Å². The second-order valence-electron chi connectivity index (χ2n) is 5.85. The van der Waals surface area contributed by atoms with E-state index in [0.29, 0.717) is 0 Å². The Morgan fingerprint density at radius 2 is 2.16 bits per heavy atom. The molecular weight excluding hydrogens is 243 g/mol. The van der Waals surface area contributed by atoms with Crippen LogP contribution < -0.4 is 11.1 Å². The molecule has 3 nitrogen and oxygen atoms in total. The van der Waals surface area contributed by atoms with Gasteiger partial charge in [-0.3, -0.25) is 4.79 Å². The standard InChI is InChI=1S/C15H19FN2O/c16-12-3-1-2-11(9-12)15(6-7-15)18-14(19)10-4-5-13(17)8-10/h1-3,9-10,13H,4-8,17H2,(H,18,19). The summed E-state index contributed by atoms with van der Waals surface area (Å²) in [5, 5.41) is 3.11. The third-order valence-electron chi connectivity index (χ3n) is 4.33. The first-order valence-electron chi connectivity index (χ1n) is 6.93. The zero-order chi connectivity index (χ0) is 13.5. The molecule has 0 saturated heterocycles. The summed E-state index contributed by atoms with van der Waals surface area (Å²) in [6.07, 6.45) is 4.34. The number of carbonyl (C=O) groups excluding carboxylic acids is 1. The summed E-state index contributed by atoms with van der Waals surface area (Å²) in [5.74, 6) is -0.142. The molecule has 2 atom stereocenters. The minimum absolute atomic E-state index is 0.0287. The molecule has 0 aliphatic heterocycles. The van der Waals surface area contributed by atoms with Gasteiger partial charge < -0.3 is 11.1 Å². The van der Waals surface area contributed by atoms with Gasteiger partial charge in [-0.2, -0.15) is 0 Å². The van der Waals surface area contributed by atoms with Crippen molar-refractivity contribution < 1.29 is 9.18 Å². The van der Waals surface area contributed by atoms with Crippen molar-refractivity contribution in [1.82, 2.24) is 5.32 Å². The number of nitrogens with one attached hydrogen (secondary N) is 1. The van der Waals surface area contributed by atoms with E-state index in [-0.39, 0.29) is 29.2 Å². The Labute approximate surface area is 112 Å². The molecule has 2 aliphatic rings.